The van der Waals surface area contributed by atoms with E-state index in [1.54, 1.807) is 0 Å². The molecule has 1 unspecified atom stereocenters. The third kappa shape index (κ3) is 5.16. The van der Waals surface area contributed by atoms with Crippen molar-refractivity contribution in [2.24, 2.45) is 11.3 Å². The van der Waals surface area contributed by atoms with Gasteiger partial charge >= 0.3 is 12.2 Å². The standard InChI is InChI=1S/C24H42N4O4/c1-4-31-22(29)27-13-9-24(18-27)16-20(17-24)26-11-7-19(8-12-26)21-6-5-10-28(21)23(30)32-15-14-25(2)3/h19-21H,4-18H2,1-3H3. The molecule has 3 aliphatic heterocycles. The van der Waals surface area contributed by atoms with E-state index in [1.165, 1.54) is 25.7 Å². The predicted molar refractivity (Wildman–Crippen MR) is 123 cm³/mol. The molecule has 2 amide bonds. The molecular weight excluding hydrogens is 408 g/mol. The maximum Gasteiger partial charge on any atom is 0.410 e. The molecule has 3 heterocycles. The number of ether oxygens (including phenoxy) is 2. The summed E-state index contributed by atoms with van der Waals surface area (Å²) in [4.78, 5) is 33.3. The van der Waals surface area contributed by atoms with Gasteiger partial charge in [-0.1, -0.05) is 0 Å². The van der Waals surface area contributed by atoms with Crippen LogP contribution >= 0.6 is 0 Å². The van der Waals surface area contributed by atoms with E-state index >= 15 is 0 Å². The van der Waals surface area contributed by atoms with Crippen LogP contribution in [0.25, 0.3) is 0 Å². The highest BCUT2D eigenvalue weighted by Gasteiger charge is 2.51. The molecule has 1 atom stereocenters. The molecule has 182 valence electrons. The van der Waals surface area contributed by atoms with Gasteiger partial charge in [-0.2, -0.15) is 0 Å². The zero-order valence-electron chi connectivity index (χ0n) is 20.3. The van der Waals surface area contributed by atoms with Crippen LogP contribution in [0, 0.1) is 11.3 Å². The fraction of sp³-hybridized carbons (Fsp3) is 0.917. The number of likely N-dealkylation sites (tertiary alicyclic amines) is 3. The van der Waals surface area contributed by atoms with E-state index in [9.17, 15) is 9.59 Å². The molecule has 0 aromatic heterocycles. The molecular formula is C24H42N4O4. The lowest BCUT2D eigenvalue weighted by Gasteiger charge is -2.52. The molecule has 0 N–H and O–H groups in total. The zero-order valence-corrected chi connectivity index (χ0v) is 20.3. The number of amides is 2. The predicted octanol–water partition coefficient (Wildman–Crippen LogP) is 2.87. The molecule has 8 heteroatoms. The number of carbonyl (C=O) groups is 2. The molecule has 1 saturated carbocycles. The quantitative estimate of drug-likeness (QED) is 0.620. The molecule has 0 aromatic rings. The first-order valence-corrected chi connectivity index (χ1v) is 12.6. The summed E-state index contributed by atoms with van der Waals surface area (Å²) >= 11 is 0. The Morgan fingerprint density at radius 3 is 2.44 bits per heavy atom. The van der Waals surface area contributed by atoms with Crippen LogP contribution in [0.2, 0.25) is 0 Å². The van der Waals surface area contributed by atoms with E-state index in [0.29, 0.717) is 36.6 Å². The maximum absolute atomic E-state index is 12.6. The highest BCUT2D eigenvalue weighted by molar-refractivity contribution is 5.68. The third-order valence-corrected chi connectivity index (χ3v) is 8.23. The molecule has 0 radical (unpaired) electrons. The van der Waals surface area contributed by atoms with Crippen molar-refractivity contribution in [1.29, 1.82) is 0 Å². The summed E-state index contributed by atoms with van der Waals surface area (Å²) in [5.74, 6) is 0.593. The lowest BCUT2D eigenvalue weighted by molar-refractivity contribution is -0.0160. The highest BCUT2D eigenvalue weighted by atomic mass is 16.6. The van der Waals surface area contributed by atoms with Crippen LogP contribution in [-0.4, -0.2) is 110 Å². The van der Waals surface area contributed by atoms with Gasteiger partial charge in [0.25, 0.3) is 0 Å². The van der Waals surface area contributed by atoms with E-state index in [4.69, 9.17) is 9.47 Å². The molecule has 4 rings (SSSR count). The average molecular weight is 451 g/mol. The van der Waals surface area contributed by atoms with Crippen LogP contribution < -0.4 is 0 Å². The number of rotatable bonds is 6. The number of piperidine rings is 1. The Balaban J connectivity index is 1.20. The average Bonchev–Trinajstić information content (AvgIpc) is 3.41. The van der Waals surface area contributed by atoms with Crippen LogP contribution in [0.15, 0.2) is 0 Å². The Labute approximate surface area is 193 Å². The Bertz CT molecular complexity index is 658. The second-order valence-electron chi connectivity index (χ2n) is 10.6. The number of nitrogens with zero attached hydrogens (tertiary/aromatic N) is 4. The monoisotopic (exact) mass is 450 g/mol. The third-order valence-electron chi connectivity index (χ3n) is 8.23. The lowest BCUT2D eigenvalue weighted by Crippen LogP contribution is -2.55. The van der Waals surface area contributed by atoms with Crippen molar-refractivity contribution in [1.82, 2.24) is 19.6 Å². The Hall–Kier alpha value is -1.54. The van der Waals surface area contributed by atoms with Gasteiger partial charge in [0.15, 0.2) is 0 Å². The fourth-order valence-electron chi connectivity index (χ4n) is 6.41. The second kappa shape index (κ2) is 10.2. The molecule has 4 fully saturated rings. The molecule has 1 spiro atoms. The summed E-state index contributed by atoms with van der Waals surface area (Å²) in [6.45, 7) is 8.36. The molecule has 32 heavy (non-hydrogen) atoms. The van der Waals surface area contributed by atoms with Crippen LogP contribution in [0.3, 0.4) is 0 Å². The van der Waals surface area contributed by atoms with E-state index in [0.717, 1.165) is 58.5 Å². The van der Waals surface area contributed by atoms with Crippen molar-refractivity contribution in [2.75, 3.05) is 66.6 Å². The van der Waals surface area contributed by atoms with Crippen molar-refractivity contribution in [2.45, 2.75) is 64.0 Å². The first-order valence-electron chi connectivity index (χ1n) is 12.6. The lowest BCUT2D eigenvalue weighted by atomic mass is 9.64. The molecule has 0 bridgehead atoms. The Morgan fingerprint density at radius 1 is 1.00 bits per heavy atom. The fourth-order valence-corrected chi connectivity index (χ4v) is 6.41. The van der Waals surface area contributed by atoms with Crippen molar-refractivity contribution in [3.63, 3.8) is 0 Å². The minimum Gasteiger partial charge on any atom is -0.450 e. The van der Waals surface area contributed by atoms with Crippen LogP contribution in [0.1, 0.15) is 51.9 Å². The highest BCUT2D eigenvalue weighted by Crippen LogP contribution is 2.51. The summed E-state index contributed by atoms with van der Waals surface area (Å²) < 4.78 is 10.7. The van der Waals surface area contributed by atoms with Gasteiger partial charge in [-0.3, -0.25) is 0 Å². The molecule has 8 nitrogen and oxygen atoms in total. The van der Waals surface area contributed by atoms with Crippen LogP contribution in [-0.2, 0) is 9.47 Å². The first kappa shape index (κ1) is 23.6. The van der Waals surface area contributed by atoms with Gasteiger partial charge in [0.2, 0.25) is 0 Å². The van der Waals surface area contributed by atoms with E-state index in [2.05, 4.69) is 4.90 Å². The van der Waals surface area contributed by atoms with Gasteiger partial charge in [0.05, 0.1) is 6.61 Å². The molecule has 3 saturated heterocycles. The van der Waals surface area contributed by atoms with E-state index in [-0.39, 0.29) is 12.2 Å². The molecule has 0 aromatic carbocycles. The minimum atomic E-state index is -0.144. The summed E-state index contributed by atoms with van der Waals surface area (Å²) in [5, 5.41) is 0. The number of likely N-dealkylation sites (N-methyl/N-ethyl adjacent to an activating group) is 1. The van der Waals surface area contributed by atoms with Gasteiger partial charge in [-0.05, 0) is 90.4 Å². The topological polar surface area (TPSA) is 65.6 Å². The number of carbonyl (C=O) groups excluding carboxylic acids is 2. The van der Waals surface area contributed by atoms with Gasteiger partial charge in [-0.15, -0.1) is 0 Å². The first-order chi connectivity index (χ1) is 15.4. The van der Waals surface area contributed by atoms with Crippen molar-refractivity contribution in [3.8, 4) is 0 Å². The smallest absolute Gasteiger partial charge is 0.410 e. The van der Waals surface area contributed by atoms with E-state index in [1.807, 2.05) is 35.7 Å². The van der Waals surface area contributed by atoms with Crippen LogP contribution in [0.4, 0.5) is 9.59 Å². The zero-order chi connectivity index (χ0) is 22.7. The second-order valence-corrected chi connectivity index (χ2v) is 10.6. The molecule has 4 aliphatic rings. The normalized spacial score (nSPS) is 31.4. The van der Waals surface area contributed by atoms with Gasteiger partial charge in [0, 0.05) is 38.3 Å². The summed E-state index contributed by atoms with van der Waals surface area (Å²) in [7, 11) is 3.99. The van der Waals surface area contributed by atoms with E-state index < -0.39 is 0 Å². The van der Waals surface area contributed by atoms with Crippen molar-refractivity contribution >= 4 is 12.2 Å². The Morgan fingerprint density at radius 2 is 1.75 bits per heavy atom. The number of hydrogen-bond acceptors (Lipinski definition) is 6. The largest absolute Gasteiger partial charge is 0.450 e. The maximum atomic E-state index is 12.6. The summed E-state index contributed by atoms with van der Waals surface area (Å²) in [6.07, 6.45) is 7.82. The van der Waals surface area contributed by atoms with Crippen molar-refractivity contribution in [3.05, 3.63) is 0 Å². The number of hydrogen-bond donors (Lipinski definition) is 0. The Kier molecular flexibility index (Phi) is 7.50. The molecule has 1 aliphatic carbocycles. The van der Waals surface area contributed by atoms with Crippen LogP contribution in [0.5, 0.6) is 0 Å². The van der Waals surface area contributed by atoms with Gasteiger partial charge in [0.1, 0.15) is 6.61 Å². The SMILES string of the molecule is CCOC(=O)N1CCC2(CC(N3CCC(C4CCCN4C(=O)OCCN(C)C)CC3)C2)C1. The summed E-state index contributed by atoms with van der Waals surface area (Å²) in [6, 6.07) is 1.01. The summed E-state index contributed by atoms with van der Waals surface area (Å²) in [5.41, 5.74) is 0.326. The van der Waals surface area contributed by atoms with Crippen molar-refractivity contribution < 1.29 is 19.1 Å². The van der Waals surface area contributed by atoms with Gasteiger partial charge < -0.3 is 29.1 Å². The van der Waals surface area contributed by atoms with Gasteiger partial charge in [-0.25, -0.2) is 9.59 Å². The minimum absolute atomic E-state index is 0.120.